The van der Waals surface area contributed by atoms with E-state index in [1.807, 2.05) is 24.3 Å². The number of fused-ring (bicyclic) bond motifs is 14. The molecule has 4 nitrogen and oxygen atoms in total. The van der Waals surface area contributed by atoms with E-state index in [1.54, 1.807) is 0 Å². The second-order valence-electron chi connectivity index (χ2n) is 34.6. The van der Waals surface area contributed by atoms with Gasteiger partial charge in [-0.1, -0.05) is 373 Å². The molecule has 596 valence electrons. The standard InChI is InChI=1S/2C61H43NO/c1-61(2)57-38-45(40-13-4-3-5-14-40)29-35-53(57)54-36-34-49(39-58(54)61)62(48-32-27-43(28-33-48)52-22-12-23-56-55-20-8-9-24-59(55)63-60(52)56)47-30-25-41(26-31-47)44-17-10-18-46(37-44)51-21-11-16-42-15-6-7-19-50(42)51;1-61(2)57-38-46(40-12-4-3-5-13-40)30-36-53(57)54-37-35-49(39-58(54)61)62(48-33-28-45(29-34-48)52-19-11-20-56-55-17-8-9-21-59(55)63-60(52)56)47-31-26-42(27-32-47)41-22-24-44(25-23-41)51-18-10-15-43-14-6-7-16-50(43)51/h2*3-39H,1-2H3. The van der Waals surface area contributed by atoms with Crippen molar-refractivity contribution in [3.05, 3.63) is 471 Å². The molecule has 2 aliphatic rings. The monoisotopic (exact) mass is 1610 g/mol. The first-order chi connectivity index (χ1) is 61.9. The molecule has 2 aromatic heterocycles. The number of hydrogen-bond donors (Lipinski definition) is 0. The van der Waals surface area contributed by atoms with Crippen molar-refractivity contribution in [2.75, 3.05) is 9.80 Å². The number of nitrogens with zero attached hydrogens (tertiary/aromatic N) is 2. The third-order valence-corrected chi connectivity index (χ3v) is 26.6. The first kappa shape index (κ1) is 75.1. The van der Waals surface area contributed by atoms with Crippen LogP contribution in [0.2, 0.25) is 0 Å². The maximum Gasteiger partial charge on any atom is 0.143 e. The first-order valence-electron chi connectivity index (χ1n) is 43.6. The molecule has 0 radical (unpaired) electrons. The molecule has 0 aliphatic heterocycles. The molecule has 0 amide bonds. The van der Waals surface area contributed by atoms with E-state index in [-0.39, 0.29) is 10.8 Å². The van der Waals surface area contributed by atoms with Crippen molar-refractivity contribution in [3.8, 4) is 111 Å². The molecule has 0 saturated heterocycles. The van der Waals surface area contributed by atoms with E-state index in [4.69, 9.17) is 8.83 Å². The summed E-state index contributed by atoms with van der Waals surface area (Å²) in [5.74, 6) is 0. The normalized spacial score (nSPS) is 12.7. The van der Waals surface area contributed by atoms with Crippen LogP contribution < -0.4 is 9.80 Å². The van der Waals surface area contributed by atoms with Crippen LogP contribution in [-0.2, 0) is 10.8 Å². The van der Waals surface area contributed by atoms with E-state index in [9.17, 15) is 0 Å². The number of para-hydroxylation sites is 4. The molecule has 2 aliphatic carbocycles. The van der Waals surface area contributed by atoms with Gasteiger partial charge in [0, 0.05) is 77.6 Å². The van der Waals surface area contributed by atoms with E-state index in [0.29, 0.717) is 0 Å². The van der Waals surface area contributed by atoms with Gasteiger partial charge < -0.3 is 18.6 Å². The van der Waals surface area contributed by atoms with Gasteiger partial charge in [-0.15, -0.1) is 0 Å². The number of rotatable bonds is 14. The SMILES string of the molecule is CC1(C)c2cc(-c3ccccc3)ccc2-c2ccc(N(c3ccc(-c4ccc(-c5cccc6ccccc56)cc4)cc3)c3ccc(-c4cccc5c4oc4ccccc45)cc3)cc21.CC1(C)c2cc(-c3ccccc3)ccc2-c2ccc(N(c3ccc(-c4cccc(-c5cccc6ccccc56)c4)cc3)c3ccc(-c4cccc5c4oc4ccccc45)cc3)cc21. The van der Waals surface area contributed by atoms with Gasteiger partial charge in [-0.05, 0) is 247 Å². The Kier molecular flexibility index (Phi) is 18.3. The van der Waals surface area contributed by atoms with Gasteiger partial charge in [-0.2, -0.15) is 0 Å². The minimum Gasteiger partial charge on any atom is -0.455 e. The van der Waals surface area contributed by atoms with E-state index in [2.05, 4.69) is 462 Å². The molecule has 0 saturated carbocycles. The Hall–Kier alpha value is -15.9. The molecular formula is C122H86N2O2. The van der Waals surface area contributed by atoms with Crippen molar-refractivity contribution in [2.45, 2.75) is 38.5 Å². The summed E-state index contributed by atoms with van der Waals surface area (Å²) >= 11 is 0. The fourth-order valence-corrected chi connectivity index (χ4v) is 20.0. The van der Waals surface area contributed by atoms with Crippen molar-refractivity contribution >= 4 is 99.5 Å². The lowest BCUT2D eigenvalue weighted by atomic mass is 9.81. The fraction of sp³-hybridized carbons (Fsp3) is 0.0492. The highest BCUT2D eigenvalue weighted by Crippen LogP contribution is 2.55. The van der Waals surface area contributed by atoms with Crippen LogP contribution in [-0.4, -0.2) is 0 Å². The summed E-state index contributed by atoms with van der Waals surface area (Å²) in [7, 11) is 0. The molecule has 24 rings (SSSR count). The second-order valence-corrected chi connectivity index (χ2v) is 34.6. The Morgan fingerprint density at radius 3 is 0.873 bits per heavy atom. The predicted octanol–water partition coefficient (Wildman–Crippen LogP) is 34.4. The quantitative estimate of drug-likeness (QED) is 0.109. The van der Waals surface area contributed by atoms with Crippen LogP contribution in [0.15, 0.2) is 458 Å². The second kappa shape index (κ2) is 30.6. The van der Waals surface area contributed by atoms with Gasteiger partial charge >= 0.3 is 0 Å². The molecule has 0 spiro atoms. The lowest BCUT2D eigenvalue weighted by Gasteiger charge is -2.28. The van der Waals surface area contributed by atoms with Crippen LogP contribution in [0.1, 0.15) is 49.9 Å². The van der Waals surface area contributed by atoms with Crippen LogP contribution in [0.3, 0.4) is 0 Å². The van der Waals surface area contributed by atoms with Crippen LogP contribution in [0, 0.1) is 0 Å². The third kappa shape index (κ3) is 13.1. The summed E-state index contributed by atoms with van der Waals surface area (Å²) in [4.78, 5) is 4.80. The summed E-state index contributed by atoms with van der Waals surface area (Å²) < 4.78 is 12.9. The van der Waals surface area contributed by atoms with Crippen molar-refractivity contribution in [1.82, 2.24) is 0 Å². The van der Waals surface area contributed by atoms with Gasteiger partial charge in [0.15, 0.2) is 0 Å². The number of furan rings is 2. The highest BCUT2D eigenvalue weighted by molar-refractivity contribution is 6.11. The highest BCUT2D eigenvalue weighted by Gasteiger charge is 2.39. The Morgan fingerprint density at radius 1 is 0.167 bits per heavy atom. The zero-order valence-corrected chi connectivity index (χ0v) is 70.4. The maximum atomic E-state index is 6.46. The Balaban J connectivity index is 0.000000145. The van der Waals surface area contributed by atoms with Crippen molar-refractivity contribution in [1.29, 1.82) is 0 Å². The molecule has 0 fully saturated rings. The summed E-state index contributed by atoms with van der Waals surface area (Å²) in [5.41, 5.74) is 39.5. The number of hydrogen-bond acceptors (Lipinski definition) is 4. The molecule has 0 bridgehead atoms. The summed E-state index contributed by atoms with van der Waals surface area (Å²) in [5, 5.41) is 9.58. The van der Waals surface area contributed by atoms with Crippen LogP contribution in [0.5, 0.6) is 0 Å². The topological polar surface area (TPSA) is 32.8 Å². The van der Waals surface area contributed by atoms with Gasteiger partial charge in [0.1, 0.15) is 22.3 Å². The molecule has 0 atom stereocenters. The molecule has 2 heterocycles. The number of anilines is 6. The van der Waals surface area contributed by atoms with Crippen molar-refractivity contribution in [2.24, 2.45) is 0 Å². The highest BCUT2D eigenvalue weighted by atomic mass is 16.3. The summed E-state index contributed by atoms with van der Waals surface area (Å²) in [6.07, 6.45) is 0. The van der Waals surface area contributed by atoms with Crippen molar-refractivity contribution in [3.63, 3.8) is 0 Å². The first-order valence-corrected chi connectivity index (χ1v) is 43.6. The van der Waals surface area contributed by atoms with Crippen LogP contribution >= 0.6 is 0 Å². The zero-order chi connectivity index (χ0) is 84.1. The lowest BCUT2D eigenvalue weighted by molar-refractivity contribution is 0.660. The van der Waals surface area contributed by atoms with Gasteiger partial charge in [0.2, 0.25) is 0 Å². The fourth-order valence-electron chi connectivity index (χ4n) is 20.0. The third-order valence-electron chi connectivity index (χ3n) is 26.6. The van der Waals surface area contributed by atoms with Gasteiger partial charge in [0.05, 0.1) is 0 Å². The van der Waals surface area contributed by atoms with Gasteiger partial charge in [0.25, 0.3) is 0 Å². The average Bonchev–Trinajstić information content (AvgIpc) is 1.57. The zero-order valence-electron chi connectivity index (χ0n) is 70.4. The van der Waals surface area contributed by atoms with E-state index >= 15 is 0 Å². The lowest BCUT2D eigenvalue weighted by Crippen LogP contribution is -2.16. The molecule has 126 heavy (non-hydrogen) atoms. The van der Waals surface area contributed by atoms with Crippen molar-refractivity contribution < 1.29 is 8.83 Å². The molecule has 4 heteroatoms. The molecule has 22 aromatic rings. The van der Waals surface area contributed by atoms with Gasteiger partial charge in [-0.3, -0.25) is 0 Å². The average molecular weight is 1610 g/mol. The Morgan fingerprint density at radius 2 is 0.429 bits per heavy atom. The summed E-state index contributed by atoms with van der Waals surface area (Å²) in [6.45, 7) is 9.48. The summed E-state index contributed by atoms with van der Waals surface area (Å²) in [6, 6.07) is 163. The largest absolute Gasteiger partial charge is 0.455 e. The van der Waals surface area contributed by atoms with E-state index in [1.165, 1.54) is 133 Å². The Bertz CT molecular complexity index is 7960. The Labute approximate surface area is 734 Å². The molecule has 0 N–H and O–H groups in total. The van der Waals surface area contributed by atoms with E-state index in [0.717, 1.165) is 100 Å². The van der Waals surface area contributed by atoms with E-state index < -0.39 is 0 Å². The van der Waals surface area contributed by atoms with Gasteiger partial charge in [-0.25, -0.2) is 0 Å². The minimum atomic E-state index is -0.189. The van der Waals surface area contributed by atoms with Crippen LogP contribution in [0.4, 0.5) is 34.1 Å². The minimum absolute atomic E-state index is 0.186. The number of benzene rings is 20. The molecule has 20 aromatic carbocycles. The predicted molar refractivity (Wildman–Crippen MR) is 530 cm³/mol. The molecule has 0 unspecified atom stereocenters. The smallest absolute Gasteiger partial charge is 0.143 e. The van der Waals surface area contributed by atoms with Crippen LogP contribution in [0.25, 0.3) is 177 Å². The maximum absolute atomic E-state index is 6.46. The molecular weight excluding hydrogens is 1530 g/mol.